The lowest BCUT2D eigenvalue weighted by Gasteiger charge is -2.15. The SMILES string of the molecule is CC(C)(CO)c1nn[nH]n1. The van der Waals surface area contributed by atoms with Gasteiger partial charge in [0.1, 0.15) is 0 Å². The van der Waals surface area contributed by atoms with Gasteiger partial charge in [-0.2, -0.15) is 5.21 Å². The molecule has 0 atom stereocenters. The molecule has 10 heavy (non-hydrogen) atoms. The number of nitrogens with zero attached hydrogens (tertiary/aromatic N) is 3. The highest BCUT2D eigenvalue weighted by molar-refractivity contribution is 4.98. The number of hydrogen-bond donors (Lipinski definition) is 2. The number of rotatable bonds is 2. The quantitative estimate of drug-likeness (QED) is 0.582. The van der Waals surface area contributed by atoms with Crippen molar-refractivity contribution in [2.75, 3.05) is 6.61 Å². The molecule has 0 aliphatic carbocycles. The van der Waals surface area contributed by atoms with Crippen LogP contribution in [0.3, 0.4) is 0 Å². The van der Waals surface area contributed by atoms with Crippen molar-refractivity contribution >= 4 is 0 Å². The van der Waals surface area contributed by atoms with Crippen molar-refractivity contribution in [3.05, 3.63) is 5.82 Å². The number of hydrogen-bond acceptors (Lipinski definition) is 4. The summed E-state index contributed by atoms with van der Waals surface area (Å²) in [5.41, 5.74) is -0.396. The summed E-state index contributed by atoms with van der Waals surface area (Å²) in [5.74, 6) is 0.537. The maximum absolute atomic E-state index is 8.84. The molecule has 0 spiro atoms. The zero-order valence-corrected chi connectivity index (χ0v) is 6.00. The summed E-state index contributed by atoms with van der Waals surface area (Å²) in [5, 5.41) is 22.1. The Morgan fingerprint density at radius 2 is 2.30 bits per heavy atom. The van der Waals surface area contributed by atoms with Crippen molar-refractivity contribution in [3.8, 4) is 0 Å². The van der Waals surface area contributed by atoms with E-state index in [1.165, 1.54) is 0 Å². The Morgan fingerprint density at radius 1 is 1.60 bits per heavy atom. The van der Waals surface area contributed by atoms with E-state index in [0.717, 1.165) is 0 Å². The Morgan fingerprint density at radius 3 is 2.70 bits per heavy atom. The molecule has 5 nitrogen and oxygen atoms in total. The third-order valence-corrected chi connectivity index (χ3v) is 1.35. The van der Waals surface area contributed by atoms with Crippen LogP contribution >= 0.6 is 0 Å². The molecule has 1 aromatic rings. The van der Waals surface area contributed by atoms with Crippen molar-refractivity contribution in [2.45, 2.75) is 19.3 Å². The van der Waals surface area contributed by atoms with E-state index in [9.17, 15) is 0 Å². The Bertz CT molecular complexity index is 193. The number of nitrogens with one attached hydrogen (secondary N) is 1. The van der Waals surface area contributed by atoms with E-state index in [-0.39, 0.29) is 6.61 Å². The standard InChI is InChI=1S/C5H10N4O/c1-5(2,3-10)4-6-8-9-7-4/h10H,3H2,1-2H3,(H,6,7,8,9). The molecule has 0 unspecified atom stereocenters. The minimum Gasteiger partial charge on any atom is -0.395 e. The van der Waals surface area contributed by atoms with Gasteiger partial charge in [-0.3, -0.25) is 0 Å². The highest BCUT2D eigenvalue weighted by atomic mass is 16.3. The smallest absolute Gasteiger partial charge is 0.182 e. The van der Waals surface area contributed by atoms with E-state index in [2.05, 4.69) is 20.6 Å². The maximum Gasteiger partial charge on any atom is 0.182 e. The van der Waals surface area contributed by atoms with Crippen molar-refractivity contribution in [1.82, 2.24) is 20.6 Å². The van der Waals surface area contributed by atoms with Crippen LogP contribution in [0.1, 0.15) is 19.7 Å². The molecule has 0 aliphatic rings. The van der Waals surface area contributed by atoms with Crippen LogP contribution in [0.4, 0.5) is 0 Å². The van der Waals surface area contributed by atoms with Crippen molar-refractivity contribution in [3.63, 3.8) is 0 Å². The predicted molar refractivity (Wildman–Crippen MR) is 34.3 cm³/mol. The summed E-state index contributed by atoms with van der Waals surface area (Å²) in [6.07, 6.45) is 0. The van der Waals surface area contributed by atoms with E-state index < -0.39 is 5.41 Å². The number of aromatic nitrogens is 4. The monoisotopic (exact) mass is 142 g/mol. The van der Waals surface area contributed by atoms with E-state index in [1.807, 2.05) is 13.8 Å². The molecule has 1 rings (SSSR count). The fourth-order valence-corrected chi connectivity index (χ4v) is 0.519. The van der Waals surface area contributed by atoms with Crippen LogP contribution < -0.4 is 0 Å². The number of aliphatic hydroxyl groups is 1. The Hall–Kier alpha value is -0.970. The molecule has 1 heterocycles. The molecule has 56 valence electrons. The van der Waals surface area contributed by atoms with Gasteiger partial charge in [-0.05, 0) is 0 Å². The van der Waals surface area contributed by atoms with Crippen molar-refractivity contribution in [1.29, 1.82) is 0 Å². The Labute approximate surface area is 58.5 Å². The number of H-pyrrole nitrogens is 1. The molecule has 0 aliphatic heterocycles. The average Bonchev–Trinajstić information content (AvgIpc) is 2.38. The van der Waals surface area contributed by atoms with Gasteiger partial charge >= 0.3 is 0 Å². The van der Waals surface area contributed by atoms with Crippen LogP contribution in [0.25, 0.3) is 0 Å². The van der Waals surface area contributed by atoms with Crippen LogP contribution in [0, 0.1) is 0 Å². The lowest BCUT2D eigenvalue weighted by Crippen LogP contribution is -2.23. The number of aromatic amines is 1. The molecule has 0 fully saturated rings. The number of aliphatic hydroxyl groups excluding tert-OH is 1. The lowest BCUT2D eigenvalue weighted by molar-refractivity contribution is 0.212. The molecule has 0 saturated heterocycles. The van der Waals surface area contributed by atoms with Crippen LogP contribution in [0.5, 0.6) is 0 Å². The molecular formula is C5H10N4O. The van der Waals surface area contributed by atoms with E-state index in [0.29, 0.717) is 5.82 Å². The highest BCUT2D eigenvalue weighted by Crippen LogP contribution is 2.15. The first-order valence-electron chi connectivity index (χ1n) is 3.01. The van der Waals surface area contributed by atoms with Crippen molar-refractivity contribution < 1.29 is 5.11 Å². The minimum absolute atomic E-state index is 0.0204. The van der Waals surface area contributed by atoms with Crippen LogP contribution in [0.15, 0.2) is 0 Å². The molecule has 0 radical (unpaired) electrons. The second-order valence-electron chi connectivity index (χ2n) is 2.78. The molecule has 1 aromatic heterocycles. The van der Waals surface area contributed by atoms with E-state index >= 15 is 0 Å². The third kappa shape index (κ3) is 1.13. The largest absolute Gasteiger partial charge is 0.395 e. The molecule has 0 bridgehead atoms. The van der Waals surface area contributed by atoms with E-state index in [4.69, 9.17) is 5.11 Å². The lowest BCUT2D eigenvalue weighted by atomic mass is 9.94. The van der Waals surface area contributed by atoms with Gasteiger partial charge in [-0.25, -0.2) is 0 Å². The van der Waals surface area contributed by atoms with Gasteiger partial charge in [0.15, 0.2) is 5.82 Å². The van der Waals surface area contributed by atoms with Gasteiger partial charge in [0, 0.05) is 0 Å². The molecular weight excluding hydrogens is 132 g/mol. The Balaban J connectivity index is 2.85. The van der Waals surface area contributed by atoms with Gasteiger partial charge in [0.2, 0.25) is 0 Å². The zero-order valence-electron chi connectivity index (χ0n) is 6.00. The summed E-state index contributed by atoms with van der Waals surface area (Å²) in [6, 6.07) is 0. The summed E-state index contributed by atoms with van der Waals surface area (Å²) in [7, 11) is 0. The van der Waals surface area contributed by atoms with Gasteiger partial charge in [-0.1, -0.05) is 19.1 Å². The predicted octanol–water partition coefficient (Wildman–Crippen LogP) is -0.530. The summed E-state index contributed by atoms with van der Waals surface area (Å²) in [4.78, 5) is 0. The minimum atomic E-state index is -0.396. The molecule has 5 heteroatoms. The molecule has 2 N–H and O–H groups in total. The number of tetrazole rings is 1. The summed E-state index contributed by atoms with van der Waals surface area (Å²) in [6.45, 7) is 3.71. The fraction of sp³-hybridized carbons (Fsp3) is 0.800. The summed E-state index contributed by atoms with van der Waals surface area (Å²) >= 11 is 0. The molecule has 0 amide bonds. The first kappa shape index (κ1) is 7.14. The van der Waals surface area contributed by atoms with Gasteiger partial charge in [-0.15, -0.1) is 10.2 Å². The van der Waals surface area contributed by atoms with E-state index in [1.54, 1.807) is 0 Å². The zero-order chi connectivity index (χ0) is 7.61. The third-order valence-electron chi connectivity index (χ3n) is 1.35. The first-order chi connectivity index (χ1) is 4.67. The fourth-order valence-electron chi connectivity index (χ4n) is 0.519. The second kappa shape index (κ2) is 2.34. The highest BCUT2D eigenvalue weighted by Gasteiger charge is 2.23. The summed E-state index contributed by atoms with van der Waals surface area (Å²) < 4.78 is 0. The van der Waals surface area contributed by atoms with Crippen LogP contribution in [0.2, 0.25) is 0 Å². The van der Waals surface area contributed by atoms with Gasteiger partial charge < -0.3 is 5.11 Å². The van der Waals surface area contributed by atoms with Gasteiger partial charge in [0.05, 0.1) is 12.0 Å². The first-order valence-corrected chi connectivity index (χ1v) is 3.01. The van der Waals surface area contributed by atoms with Gasteiger partial charge in [0.25, 0.3) is 0 Å². The molecule has 0 aromatic carbocycles. The second-order valence-corrected chi connectivity index (χ2v) is 2.78. The van der Waals surface area contributed by atoms with Crippen molar-refractivity contribution in [2.24, 2.45) is 0 Å². The average molecular weight is 142 g/mol. The maximum atomic E-state index is 8.84. The Kier molecular flexibility index (Phi) is 1.67. The normalized spacial score (nSPS) is 11.9. The van der Waals surface area contributed by atoms with Crippen LogP contribution in [-0.4, -0.2) is 32.3 Å². The molecule has 0 saturated carbocycles. The topological polar surface area (TPSA) is 74.7 Å². The van der Waals surface area contributed by atoms with Crippen LogP contribution in [-0.2, 0) is 5.41 Å².